The van der Waals surface area contributed by atoms with Crippen molar-refractivity contribution in [3.63, 3.8) is 0 Å². The van der Waals surface area contributed by atoms with Gasteiger partial charge >= 0.3 is 0 Å². The Morgan fingerprint density at radius 1 is 1.18 bits per heavy atom. The number of nitrogens with one attached hydrogen (secondary N) is 1. The highest BCUT2D eigenvalue weighted by Gasteiger charge is 2.27. The summed E-state index contributed by atoms with van der Waals surface area (Å²) in [7, 11) is 0. The molecule has 0 radical (unpaired) electrons. The first kappa shape index (κ1) is 12.6. The van der Waals surface area contributed by atoms with Crippen molar-refractivity contribution >= 4 is 0 Å². The van der Waals surface area contributed by atoms with Crippen LogP contribution >= 0.6 is 0 Å². The molecule has 2 heteroatoms. The van der Waals surface area contributed by atoms with Gasteiger partial charge in [0.1, 0.15) is 0 Å². The van der Waals surface area contributed by atoms with Gasteiger partial charge in [0.2, 0.25) is 0 Å². The van der Waals surface area contributed by atoms with Crippen molar-refractivity contribution < 1.29 is 0 Å². The molecule has 0 aromatic heterocycles. The van der Waals surface area contributed by atoms with Crippen LogP contribution in [0.1, 0.15) is 44.4 Å². The van der Waals surface area contributed by atoms with Crippen molar-refractivity contribution in [1.82, 2.24) is 10.2 Å². The van der Waals surface area contributed by atoms with Crippen molar-refractivity contribution in [3.05, 3.63) is 34.9 Å². The third-order valence-electron chi connectivity index (χ3n) is 3.52. The monoisotopic (exact) mass is 232 g/mol. The van der Waals surface area contributed by atoms with Gasteiger partial charge in [0.05, 0.1) is 0 Å². The molecule has 0 spiro atoms. The van der Waals surface area contributed by atoms with Gasteiger partial charge in [-0.25, -0.2) is 0 Å². The Labute approximate surface area is 105 Å². The fourth-order valence-corrected chi connectivity index (χ4v) is 2.30. The lowest BCUT2D eigenvalue weighted by atomic mass is 10.1. The second-order valence-corrected chi connectivity index (χ2v) is 5.91. The molecule has 1 aliphatic heterocycles. The first-order chi connectivity index (χ1) is 8.00. The SMILES string of the molecule is CCNCc1ccc2c(c1)CN(C(C)(C)C)C2. The zero-order chi connectivity index (χ0) is 12.5. The average molecular weight is 232 g/mol. The molecule has 1 aliphatic rings. The van der Waals surface area contributed by atoms with Crippen LogP contribution in [0, 0.1) is 0 Å². The minimum absolute atomic E-state index is 0.265. The second kappa shape index (κ2) is 4.79. The molecule has 0 amide bonds. The minimum Gasteiger partial charge on any atom is -0.313 e. The van der Waals surface area contributed by atoms with E-state index in [-0.39, 0.29) is 5.54 Å². The lowest BCUT2D eigenvalue weighted by Gasteiger charge is -2.31. The van der Waals surface area contributed by atoms with Gasteiger partial charge in [-0.3, -0.25) is 4.90 Å². The molecule has 0 aliphatic carbocycles. The van der Waals surface area contributed by atoms with E-state index < -0.39 is 0 Å². The van der Waals surface area contributed by atoms with Crippen molar-refractivity contribution in [3.8, 4) is 0 Å². The molecule has 0 saturated carbocycles. The van der Waals surface area contributed by atoms with E-state index >= 15 is 0 Å². The van der Waals surface area contributed by atoms with Gasteiger partial charge in [-0.1, -0.05) is 25.1 Å². The predicted octanol–water partition coefficient (Wildman–Crippen LogP) is 2.91. The van der Waals surface area contributed by atoms with Crippen LogP contribution in [0.3, 0.4) is 0 Å². The number of fused-ring (bicyclic) bond motifs is 1. The van der Waals surface area contributed by atoms with Gasteiger partial charge in [-0.05, 0) is 44.0 Å². The molecule has 17 heavy (non-hydrogen) atoms. The van der Waals surface area contributed by atoms with Gasteiger partial charge in [0, 0.05) is 25.2 Å². The standard InChI is InChI=1S/C15H24N2/c1-5-16-9-12-6-7-13-10-17(15(2,3)4)11-14(13)8-12/h6-8,16H,5,9-11H2,1-4H3. The molecule has 0 unspecified atom stereocenters. The second-order valence-electron chi connectivity index (χ2n) is 5.91. The quantitative estimate of drug-likeness (QED) is 0.862. The molecule has 0 saturated heterocycles. The third-order valence-corrected chi connectivity index (χ3v) is 3.52. The van der Waals surface area contributed by atoms with Crippen LogP contribution in [0.4, 0.5) is 0 Å². The van der Waals surface area contributed by atoms with Crippen LogP contribution in [-0.4, -0.2) is 17.0 Å². The minimum atomic E-state index is 0.265. The largest absolute Gasteiger partial charge is 0.313 e. The van der Waals surface area contributed by atoms with Crippen LogP contribution in [0.25, 0.3) is 0 Å². The molecule has 0 atom stereocenters. The highest BCUT2D eigenvalue weighted by molar-refractivity contribution is 5.35. The Bertz CT molecular complexity index is 390. The Kier molecular flexibility index (Phi) is 3.55. The Morgan fingerprint density at radius 2 is 1.88 bits per heavy atom. The fourth-order valence-electron chi connectivity index (χ4n) is 2.30. The summed E-state index contributed by atoms with van der Waals surface area (Å²) in [5, 5.41) is 3.38. The number of hydrogen-bond acceptors (Lipinski definition) is 2. The van der Waals surface area contributed by atoms with Gasteiger partial charge in [-0.15, -0.1) is 0 Å². The molecule has 1 aromatic carbocycles. The van der Waals surface area contributed by atoms with Crippen LogP contribution in [0.15, 0.2) is 18.2 Å². The van der Waals surface area contributed by atoms with E-state index in [1.807, 2.05) is 0 Å². The highest BCUT2D eigenvalue weighted by atomic mass is 15.2. The molecular formula is C15H24N2. The molecule has 0 bridgehead atoms. The Morgan fingerprint density at radius 3 is 2.53 bits per heavy atom. The maximum absolute atomic E-state index is 3.38. The van der Waals surface area contributed by atoms with Gasteiger partial charge < -0.3 is 5.32 Å². The van der Waals surface area contributed by atoms with E-state index in [2.05, 4.69) is 56.1 Å². The van der Waals surface area contributed by atoms with Crippen LogP contribution < -0.4 is 5.32 Å². The molecule has 2 rings (SSSR count). The topological polar surface area (TPSA) is 15.3 Å². The number of nitrogens with zero attached hydrogens (tertiary/aromatic N) is 1. The molecular weight excluding hydrogens is 208 g/mol. The molecule has 1 heterocycles. The summed E-state index contributed by atoms with van der Waals surface area (Å²) in [5.74, 6) is 0. The molecule has 94 valence electrons. The summed E-state index contributed by atoms with van der Waals surface area (Å²) in [4.78, 5) is 2.54. The van der Waals surface area contributed by atoms with Crippen molar-refractivity contribution in [1.29, 1.82) is 0 Å². The first-order valence-corrected chi connectivity index (χ1v) is 6.57. The zero-order valence-corrected chi connectivity index (χ0v) is 11.5. The summed E-state index contributed by atoms with van der Waals surface area (Å²) in [6.45, 7) is 13.2. The number of rotatable bonds is 3. The molecule has 0 fully saturated rings. The van der Waals surface area contributed by atoms with E-state index in [4.69, 9.17) is 0 Å². The number of benzene rings is 1. The van der Waals surface area contributed by atoms with E-state index in [0.717, 1.165) is 26.2 Å². The Balaban J connectivity index is 2.11. The highest BCUT2D eigenvalue weighted by Crippen LogP contribution is 2.29. The first-order valence-electron chi connectivity index (χ1n) is 6.57. The van der Waals surface area contributed by atoms with Crippen molar-refractivity contribution in [2.75, 3.05) is 6.54 Å². The summed E-state index contributed by atoms with van der Waals surface area (Å²) in [5.41, 5.74) is 4.68. The van der Waals surface area contributed by atoms with Crippen molar-refractivity contribution in [2.45, 2.75) is 52.9 Å². The van der Waals surface area contributed by atoms with Gasteiger partial charge in [0.15, 0.2) is 0 Å². The summed E-state index contributed by atoms with van der Waals surface area (Å²) < 4.78 is 0. The van der Waals surface area contributed by atoms with E-state index in [1.54, 1.807) is 0 Å². The van der Waals surface area contributed by atoms with Gasteiger partial charge in [0.25, 0.3) is 0 Å². The lowest BCUT2D eigenvalue weighted by Crippen LogP contribution is -2.36. The maximum Gasteiger partial charge on any atom is 0.0245 e. The van der Waals surface area contributed by atoms with Crippen molar-refractivity contribution in [2.24, 2.45) is 0 Å². The summed E-state index contributed by atoms with van der Waals surface area (Å²) in [6.07, 6.45) is 0. The Hall–Kier alpha value is -0.860. The number of hydrogen-bond donors (Lipinski definition) is 1. The molecule has 2 nitrogen and oxygen atoms in total. The van der Waals surface area contributed by atoms with Crippen LogP contribution in [0.2, 0.25) is 0 Å². The van der Waals surface area contributed by atoms with Gasteiger partial charge in [-0.2, -0.15) is 0 Å². The van der Waals surface area contributed by atoms with Crippen LogP contribution in [0.5, 0.6) is 0 Å². The van der Waals surface area contributed by atoms with E-state index in [9.17, 15) is 0 Å². The van der Waals surface area contributed by atoms with Crippen LogP contribution in [-0.2, 0) is 19.6 Å². The average Bonchev–Trinajstić information content (AvgIpc) is 2.68. The summed E-state index contributed by atoms with van der Waals surface area (Å²) >= 11 is 0. The molecule has 1 aromatic rings. The molecule has 1 N–H and O–H groups in total. The zero-order valence-electron chi connectivity index (χ0n) is 11.5. The summed E-state index contributed by atoms with van der Waals surface area (Å²) in [6, 6.07) is 6.92. The lowest BCUT2D eigenvalue weighted by molar-refractivity contribution is 0.136. The van der Waals surface area contributed by atoms with E-state index in [0.29, 0.717) is 0 Å². The predicted molar refractivity (Wildman–Crippen MR) is 72.8 cm³/mol. The fraction of sp³-hybridized carbons (Fsp3) is 0.600. The smallest absolute Gasteiger partial charge is 0.0245 e. The normalized spacial score (nSPS) is 16.2. The maximum atomic E-state index is 3.38. The third kappa shape index (κ3) is 2.88. The van der Waals surface area contributed by atoms with E-state index in [1.165, 1.54) is 16.7 Å².